The summed E-state index contributed by atoms with van der Waals surface area (Å²) in [5, 5.41) is 2.91. The van der Waals surface area contributed by atoms with Gasteiger partial charge in [-0.25, -0.2) is 4.79 Å². The molecule has 0 bridgehead atoms. The number of nitrogens with two attached hydrogens (primary N) is 1. The molecule has 0 aromatic rings. The van der Waals surface area contributed by atoms with E-state index in [0.29, 0.717) is 12.5 Å². The van der Waals surface area contributed by atoms with Crippen molar-refractivity contribution in [3.63, 3.8) is 0 Å². The van der Waals surface area contributed by atoms with Gasteiger partial charge in [0, 0.05) is 12.6 Å². The highest BCUT2D eigenvalue weighted by Gasteiger charge is 2.23. The molecule has 0 aromatic carbocycles. The molecule has 0 saturated heterocycles. The molecule has 5 heteroatoms. The Balaban J connectivity index is 2.44. The van der Waals surface area contributed by atoms with Crippen LogP contribution in [0.25, 0.3) is 0 Å². The number of carbonyl (C=O) groups excluding carboxylic acids is 2. The summed E-state index contributed by atoms with van der Waals surface area (Å²) in [7, 11) is 0. The van der Waals surface area contributed by atoms with Crippen LogP contribution in [-0.2, 0) is 4.79 Å². The highest BCUT2D eigenvalue weighted by atomic mass is 16.2. The lowest BCUT2D eigenvalue weighted by molar-refractivity contribution is -0.118. The maximum absolute atomic E-state index is 11.8. The summed E-state index contributed by atoms with van der Waals surface area (Å²) < 4.78 is 0. The molecule has 0 atom stereocenters. The topological polar surface area (TPSA) is 75.4 Å². The Bertz CT molecular complexity index is 262. The average molecular weight is 227 g/mol. The summed E-state index contributed by atoms with van der Waals surface area (Å²) in [6.07, 6.45) is 3.25. The van der Waals surface area contributed by atoms with E-state index in [0.717, 1.165) is 12.8 Å². The van der Waals surface area contributed by atoms with Gasteiger partial charge in [-0.05, 0) is 25.2 Å². The molecule has 16 heavy (non-hydrogen) atoms. The first-order valence-electron chi connectivity index (χ1n) is 5.82. The molecule has 3 N–H and O–H groups in total. The van der Waals surface area contributed by atoms with Gasteiger partial charge < -0.3 is 16.0 Å². The molecule has 1 aliphatic rings. The van der Waals surface area contributed by atoms with Crippen molar-refractivity contribution in [2.24, 2.45) is 11.7 Å². The van der Waals surface area contributed by atoms with Crippen molar-refractivity contribution < 1.29 is 9.59 Å². The fraction of sp³-hybridized carbons (Fsp3) is 0.818. The first-order valence-corrected chi connectivity index (χ1v) is 5.82. The van der Waals surface area contributed by atoms with Gasteiger partial charge in [0.15, 0.2) is 0 Å². The van der Waals surface area contributed by atoms with Gasteiger partial charge in [-0.15, -0.1) is 0 Å². The third kappa shape index (κ3) is 4.08. The number of primary amides is 1. The van der Waals surface area contributed by atoms with Crippen molar-refractivity contribution in [3.05, 3.63) is 0 Å². The van der Waals surface area contributed by atoms with E-state index in [-0.39, 0.29) is 18.6 Å². The van der Waals surface area contributed by atoms with Gasteiger partial charge in [0.05, 0.1) is 0 Å². The lowest BCUT2D eigenvalue weighted by Crippen LogP contribution is -2.50. The maximum atomic E-state index is 11.8. The fourth-order valence-corrected chi connectivity index (χ4v) is 1.67. The van der Waals surface area contributed by atoms with Crippen molar-refractivity contribution in [2.45, 2.75) is 39.2 Å². The minimum absolute atomic E-state index is 0.00324. The highest BCUT2D eigenvalue weighted by Crippen LogP contribution is 2.18. The van der Waals surface area contributed by atoms with Gasteiger partial charge in [-0.1, -0.05) is 13.8 Å². The van der Waals surface area contributed by atoms with E-state index in [2.05, 4.69) is 5.32 Å². The predicted molar refractivity (Wildman–Crippen MR) is 61.8 cm³/mol. The molecule has 1 fully saturated rings. The van der Waals surface area contributed by atoms with E-state index in [1.165, 1.54) is 11.3 Å². The molecule has 1 rings (SSSR count). The van der Waals surface area contributed by atoms with Crippen LogP contribution in [-0.4, -0.2) is 36.0 Å². The highest BCUT2D eigenvalue weighted by molar-refractivity contribution is 5.83. The SMILES string of the molecule is CC(C)CN(CC(N)=O)C(=O)NC1CCC1. The lowest BCUT2D eigenvalue weighted by atomic mass is 9.93. The zero-order valence-corrected chi connectivity index (χ0v) is 10.0. The van der Waals surface area contributed by atoms with Gasteiger partial charge in [-0.3, -0.25) is 4.79 Å². The molecule has 92 valence electrons. The first-order chi connectivity index (χ1) is 7.49. The second-order valence-corrected chi connectivity index (χ2v) is 4.82. The average Bonchev–Trinajstić information content (AvgIpc) is 2.08. The van der Waals surface area contributed by atoms with Crippen LogP contribution in [0.4, 0.5) is 4.79 Å². The van der Waals surface area contributed by atoms with E-state index in [9.17, 15) is 9.59 Å². The molecule has 0 aliphatic heterocycles. The number of carbonyl (C=O) groups is 2. The molecule has 0 aromatic heterocycles. The molecular formula is C11H21N3O2. The summed E-state index contributed by atoms with van der Waals surface area (Å²) in [4.78, 5) is 24.2. The van der Waals surface area contributed by atoms with Crippen LogP contribution in [0, 0.1) is 5.92 Å². The minimum Gasteiger partial charge on any atom is -0.368 e. The number of amides is 3. The van der Waals surface area contributed by atoms with Gasteiger partial charge in [0.25, 0.3) is 0 Å². The summed E-state index contributed by atoms with van der Waals surface area (Å²) in [5.41, 5.74) is 5.12. The number of nitrogens with zero attached hydrogens (tertiary/aromatic N) is 1. The van der Waals surface area contributed by atoms with E-state index in [1.54, 1.807) is 0 Å². The Morgan fingerprint density at radius 3 is 2.44 bits per heavy atom. The van der Waals surface area contributed by atoms with Gasteiger partial charge in [0.1, 0.15) is 6.54 Å². The third-order valence-corrected chi connectivity index (χ3v) is 2.65. The number of hydrogen-bond donors (Lipinski definition) is 2. The molecule has 3 amide bonds. The lowest BCUT2D eigenvalue weighted by Gasteiger charge is -2.30. The van der Waals surface area contributed by atoms with Gasteiger partial charge >= 0.3 is 6.03 Å². The number of nitrogens with one attached hydrogen (secondary N) is 1. The first kappa shape index (κ1) is 12.8. The Hall–Kier alpha value is -1.26. The van der Waals surface area contributed by atoms with Crippen molar-refractivity contribution in [2.75, 3.05) is 13.1 Å². The predicted octanol–water partition coefficient (Wildman–Crippen LogP) is 0.692. The molecule has 5 nitrogen and oxygen atoms in total. The summed E-state index contributed by atoms with van der Waals surface area (Å²) in [6.45, 7) is 4.56. The maximum Gasteiger partial charge on any atom is 0.318 e. The molecule has 1 aliphatic carbocycles. The van der Waals surface area contributed by atoms with Gasteiger partial charge in [-0.2, -0.15) is 0 Å². The molecule has 0 unspecified atom stereocenters. The van der Waals surface area contributed by atoms with Crippen molar-refractivity contribution in [1.82, 2.24) is 10.2 Å². The minimum atomic E-state index is -0.468. The van der Waals surface area contributed by atoms with Crippen LogP contribution in [0.2, 0.25) is 0 Å². The Kier molecular flexibility index (Phi) is 4.58. The van der Waals surface area contributed by atoms with Crippen molar-refractivity contribution in [1.29, 1.82) is 0 Å². The third-order valence-electron chi connectivity index (χ3n) is 2.65. The molecule has 0 radical (unpaired) electrons. The molecule has 0 spiro atoms. The zero-order valence-electron chi connectivity index (χ0n) is 10.0. The molecular weight excluding hydrogens is 206 g/mol. The van der Waals surface area contributed by atoms with E-state index in [4.69, 9.17) is 5.73 Å². The second kappa shape index (κ2) is 5.72. The Morgan fingerprint density at radius 2 is 2.06 bits per heavy atom. The van der Waals surface area contributed by atoms with E-state index < -0.39 is 5.91 Å². The van der Waals surface area contributed by atoms with Crippen LogP contribution < -0.4 is 11.1 Å². The standard InChI is InChI=1S/C11H21N3O2/c1-8(2)6-14(7-10(12)15)11(16)13-9-4-3-5-9/h8-9H,3-7H2,1-2H3,(H2,12,15)(H,13,16). The summed E-state index contributed by atoms with van der Waals surface area (Å²) >= 11 is 0. The molecule has 0 heterocycles. The number of rotatable bonds is 5. The smallest absolute Gasteiger partial charge is 0.318 e. The van der Waals surface area contributed by atoms with Crippen LogP contribution in [0.3, 0.4) is 0 Å². The normalized spacial score (nSPS) is 15.7. The summed E-state index contributed by atoms with van der Waals surface area (Å²) in [5.74, 6) is -0.143. The quantitative estimate of drug-likeness (QED) is 0.725. The second-order valence-electron chi connectivity index (χ2n) is 4.82. The number of hydrogen-bond acceptors (Lipinski definition) is 2. The largest absolute Gasteiger partial charge is 0.368 e. The monoisotopic (exact) mass is 227 g/mol. The van der Waals surface area contributed by atoms with Crippen molar-refractivity contribution in [3.8, 4) is 0 Å². The Labute approximate surface area is 96.4 Å². The molecule has 1 saturated carbocycles. The summed E-state index contributed by atoms with van der Waals surface area (Å²) in [6, 6.07) is 0.118. The van der Waals surface area contributed by atoms with Crippen molar-refractivity contribution >= 4 is 11.9 Å². The van der Waals surface area contributed by atoms with Crippen LogP contribution in [0.1, 0.15) is 33.1 Å². The zero-order chi connectivity index (χ0) is 12.1. The number of urea groups is 1. The van der Waals surface area contributed by atoms with E-state index >= 15 is 0 Å². The van der Waals surface area contributed by atoms with Crippen LogP contribution in [0.5, 0.6) is 0 Å². The van der Waals surface area contributed by atoms with Crippen LogP contribution >= 0.6 is 0 Å². The van der Waals surface area contributed by atoms with E-state index in [1.807, 2.05) is 13.8 Å². The van der Waals surface area contributed by atoms with Crippen LogP contribution in [0.15, 0.2) is 0 Å². The van der Waals surface area contributed by atoms with Gasteiger partial charge in [0.2, 0.25) is 5.91 Å². The Morgan fingerprint density at radius 1 is 1.44 bits per heavy atom. The fourth-order valence-electron chi connectivity index (χ4n) is 1.67.